The number of imidazole rings is 1. The van der Waals surface area contributed by atoms with Crippen molar-refractivity contribution in [2.24, 2.45) is 0 Å². The van der Waals surface area contributed by atoms with Crippen molar-refractivity contribution in [3.63, 3.8) is 0 Å². The molecular weight excluding hydrogens is 570 g/mol. The summed E-state index contributed by atoms with van der Waals surface area (Å²) in [6, 6.07) is 20.0. The first-order valence-electron chi connectivity index (χ1n) is 13.5. The SMILES string of the molecule is CCc1cnc2sc3ccc(Nc4ccc(NC(=O)Nc5cc(C(C)(C)C)nn5-c5ccc(O)c(Cl)c5)cc4)cc3n12. The highest BCUT2D eigenvalue weighted by molar-refractivity contribution is 7.23. The van der Waals surface area contributed by atoms with Crippen LogP contribution >= 0.6 is 22.9 Å². The van der Waals surface area contributed by atoms with Crippen LogP contribution in [-0.2, 0) is 11.8 Å². The number of hydrogen-bond donors (Lipinski definition) is 4. The number of phenolic OH excluding ortho intramolecular Hbond substituents is 1. The third-order valence-electron chi connectivity index (χ3n) is 6.89. The number of halogens is 1. The third-order valence-corrected chi connectivity index (χ3v) is 8.23. The second kappa shape index (κ2) is 10.7. The number of nitrogens with zero attached hydrogens (tertiary/aromatic N) is 4. The van der Waals surface area contributed by atoms with Crippen molar-refractivity contribution in [1.29, 1.82) is 0 Å². The van der Waals surface area contributed by atoms with Crippen LogP contribution in [0.3, 0.4) is 0 Å². The first-order chi connectivity index (χ1) is 20.1. The number of carbonyl (C=O) groups is 1. The van der Waals surface area contributed by atoms with Crippen molar-refractivity contribution in [3.8, 4) is 11.4 Å². The quantitative estimate of drug-likeness (QED) is 0.154. The fraction of sp³-hybridized carbons (Fsp3) is 0.194. The predicted molar refractivity (Wildman–Crippen MR) is 171 cm³/mol. The summed E-state index contributed by atoms with van der Waals surface area (Å²) in [5.41, 5.74) is 5.96. The fourth-order valence-electron chi connectivity index (χ4n) is 4.64. The van der Waals surface area contributed by atoms with Crippen molar-refractivity contribution >= 4 is 67.0 Å². The molecule has 0 fully saturated rings. The van der Waals surface area contributed by atoms with E-state index in [1.54, 1.807) is 28.2 Å². The lowest BCUT2D eigenvalue weighted by atomic mass is 9.92. The standard InChI is InChI=1S/C31H30ClN7O2S/c1-5-21-17-33-30-38(21)24-14-20(10-13-26(24)42-30)34-18-6-8-19(9-7-18)35-29(41)36-28-16-27(31(2,3)4)37-39(28)22-11-12-25(40)23(32)15-22/h6-17,34,40H,5H2,1-4H3,(H2,35,36,41). The first-order valence-corrected chi connectivity index (χ1v) is 14.7. The van der Waals surface area contributed by atoms with Gasteiger partial charge in [0.05, 0.1) is 32.8 Å². The van der Waals surface area contributed by atoms with Crippen LogP contribution in [0.1, 0.15) is 39.1 Å². The number of fused-ring (bicyclic) bond motifs is 3. The molecule has 0 saturated carbocycles. The van der Waals surface area contributed by atoms with Gasteiger partial charge in [0.15, 0.2) is 4.96 Å². The molecule has 11 heteroatoms. The number of aromatic nitrogens is 4. The molecule has 4 N–H and O–H groups in total. The minimum absolute atomic E-state index is 0.0260. The lowest BCUT2D eigenvalue weighted by Crippen LogP contribution is -2.21. The molecule has 2 amide bonds. The largest absolute Gasteiger partial charge is 0.506 e. The van der Waals surface area contributed by atoms with Crippen LogP contribution < -0.4 is 16.0 Å². The summed E-state index contributed by atoms with van der Waals surface area (Å²) in [4.78, 5) is 18.5. The van der Waals surface area contributed by atoms with Gasteiger partial charge in [-0.1, -0.05) is 50.6 Å². The van der Waals surface area contributed by atoms with E-state index in [1.807, 2.05) is 57.3 Å². The van der Waals surface area contributed by atoms with Crippen molar-refractivity contribution in [2.45, 2.75) is 39.5 Å². The van der Waals surface area contributed by atoms with Crippen molar-refractivity contribution in [3.05, 3.63) is 89.3 Å². The van der Waals surface area contributed by atoms with Gasteiger partial charge in [0, 0.05) is 34.2 Å². The summed E-state index contributed by atoms with van der Waals surface area (Å²) in [7, 11) is 0. The second-order valence-electron chi connectivity index (χ2n) is 11.0. The molecule has 0 atom stereocenters. The Hall–Kier alpha value is -4.54. The summed E-state index contributed by atoms with van der Waals surface area (Å²) >= 11 is 7.82. The maximum absolute atomic E-state index is 13.0. The van der Waals surface area contributed by atoms with Gasteiger partial charge in [0.1, 0.15) is 11.6 Å². The van der Waals surface area contributed by atoms with Crippen LogP contribution in [0.2, 0.25) is 5.02 Å². The Kier molecular flexibility index (Phi) is 7.04. The number of hydrogen-bond acceptors (Lipinski definition) is 6. The van der Waals surface area contributed by atoms with Gasteiger partial charge in [0.2, 0.25) is 0 Å². The lowest BCUT2D eigenvalue weighted by molar-refractivity contribution is 0.262. The summed E-state index contributed by atoms with van der Waals surface area (Å²) in [5, 5.41) is 24.0. The summed E-state index contributed by atoms with van der Waals surface area (Å²) in [5.74, 6) is 0.446. The maximum Gasteiger partial charge on any atom is 0.324 e. The molecule has 9 nitrogen and oxygen atoms in total. The number of aromatic hydroxyl groups is 1. The second-order valence-corrected chi connectivity index (χ2v) is 12.4. The molecular formula is C31H30ClN7O2S. The Labute approximate surface area is 251 Å². The van der Waals surface area contributed by atoms with Crippen molar-refractivity contribution < 1.29 is 9.90 Å². The molecule has 42 heavy (non-hydrogen) atoms. The smallest absolute Gasteiger partial charge is 0.324 e. The van der Waals surface area contributed by atoms with E-state index in [0.717, 1.165) is 34.0 Å². The molecule has 3 aromatic carbocycles. The highest BCUT2D eigenvalue weighted by Crippen LogP contribution is 2.32. The van der Waals surface area contributed by atoms with Crippen LogP contribution in [0.5, 0.6) is 5.75 Å². The number of aryl methyl sites for hydroxylation is 1. The highest BCUT2D eigenvalue weighted by Gasteiger charge is 2.22. The molecule has 3 aromatic heterocycles. The third kappa shape index (κ3) is 5.38. The van der Waals surface area contributed by atoms with Crippen LogP contribution in [0, 0.1) is 0 Å². The summed E-state index contributed by atoms with van der Waals surface area (Å²) < 4.78 is 5.00. The topological polar surface area (TPSA) is 109 Å². The zero-order valence-corrected chi connectivity index (χ0v) is 25.1. The Morgan fingerprint density at radius 3 is 2.43 bits per heavy atom. The number of nitrogens with one attached hydrogen (secondary N) is 3. The van der Waals surface area contributed by atoms with E-state index in [9.17, 15) is 9.90 Å². The average Bonchev–Trinajstić information content (AvgIpc) is 3.65. The number of anilines is 4. The Balaban J connectivity index is 1.17. The number of thiazole rings is 1. The maximum atomic E-state index is 13.0. The molecule has 0 radical (unpaired) electrons. The van der Waals surface area contributed by atoms with E-state index >= 15 is 0 Å². The van der Waals surface area contributed by atoms with Gasteiger partial charge >= 0.3 is 6.03 Å². The normalized spacial score (nSPS) is 11.7. The summed E-state index contributed by atoms with van der Waals surface area (Å²) in [6.07, 6.45) is 2.85. The van der Waals surface area contributed by atoms with E-state index in [-0.39, 0.29) is 16.2 Å². The molecule has 0 aliphatic heterocycles. The van der Waals surface area contributed by atoms with E-state index < -0.39 is 6.03 Å². The molecule has 214 valence electrons. The molecule has 0 aliphatic rings. The summed E-state index contributed by atoms with van der Waals surface area (Å²) in [6.45, 7) is 8.26. The Morgan fingerprint density at radius 1 is 0.976 bits per heavy atom. The number of urea groups is 1. The van der Waals surface area contributed by atoms with Gasteiger partial charge in [-0.15, -0.1) is 0 Å². The minimum Gasteiger partial charge on any atom is -0.506 e. The number of carbonyl (C=O) groups excluding carboxylic acids is 1. The number of benzene rings is 3. The van der Waals surface area contributed by atoms with Gasteiger partial charge in [-0.2, -0.15) is 5.10 Å². The van der Waals surface area contributed by atoms with Gasteiger partial charge in [-0.05, 0) is 67.1 Å². The van der Waals surface area contributed by atoms with Crippen LogP contribution in [0.25, 0.3) is 20.9 Å². The Morgan fingerprint density at radius 2 is 1.71 bits per heavy atom. The van der Waals surface area contributed by atoms with E-state index in [1.165, 1.54) is 16.5 Å². The highest BCUT2D eigenvalue weighted by atomic mass is 35.5. The zero-order chi connectivity index (χ0) is 29.6. The van der Waals surface area contributed by atoms with Gasteiger partial charge < -0.3 is 15.7 Å². The average molecular weight is 600 g/mol. The van der Waals surface area contributed by atoms with E-state index in [4.69, 9.17) is 16.7 Å². The molecule has 0 aliphatic carbocycles. The molecule has 6 rings (SSSR count). The van der Waals surface area contributed by atoms with Crippen LogP contribution in [-0.4, -0.2) is 30.3 Å². The van der Waals surface area contributed by atoms with E-state index in [0.29, 0.717) is 17.2 Å². The molecule has 0 saturated heterocycles. The van der Waals surface area contributed by atoms with E-state index in [2.05, 4.69) is 50.5 Å². The first kappa shape index (κ1) is 27.6. The number of phenols is 1. The Bertz CT molecular complexity index is 1930. The van der Waals surface area contributed by atoms with Crippen molar-refractivity contribution in [2.75, 3.05) is 16.0 Å². The number of rotatable bonds is 6. The van der Waals surface area contributed by atoms with Crippen LogP contribution in [0.4, 0.5) is 27.7 Å². The van der Waals surface area contributed by atoms with Crippen molar-refractivity contribution in [1.82, 2.24) is 19.2 Å². The van der Waals surface area contributed by atoms with Gasteiger partial charge in [-0.25, -0.2) is 14.5 Å². The number of amides is 2. The van der Waals surface area contributed by atoms with Gasteiger partial charge in [0.25, 0.3) is 0 Å². The zero-order valence-electron chi connectivity index (χ0n) is 23.6. The van der Waals surface area contributed by atoms with Gasteiger partial charge in [-0.3, -0.25) is 9.72 Å². The predicted octanol–water partition coefficient (Wildman–Crippen LogP) is 8.34. The molecule has 3 heterocycles. The lowest BCUT2D eigenvalue weighted by Gasteiger charge is -2.14. The minimum atomic E-state index is -0.416. The fourth-order valence-corrected chi connectivity index (χ4v) is 5.82. The molecule has 6 aromatic rings. The molecule has 0 bridgehead atoms. The monoisotopic (exact) mass is 599 g/mol. The molecule has 0 unspecified atom stereocenters. The molecule has 0 spiro atoms. The van der Waals surface area contributed by atoms with Crippen LogP contribution in [0.15, 0.2) is 72.9 Å².